The van der Waals surface area contributed by atoms with E-state index in [4.69, 9.17) is 10.00 Å². The molecule has 27 heavy (non-hydrogen) atoms. The van der Waals surface area contributed by atoms with Gasteiger partial charge in [0.25, 0.3) is 0 Å². The van der Waals surface area contributed by atoms with Crippen molar-refractivity contribution in [3.05, 3.63) is 65.2 Å². The van der Waals surface area contributed by atoms with Gasteiger partial charge in [-0.05, 0) is 31.2 Å². The summed E-state index contributed by atoms with van der Waals surface area (Å²) < 4.78 is 32.7. The Morgan fingerprint density at radius 2 is 2.00 bits per heavy atom. The summed E-state index contributed by atoms with van der Waals surface area (Å²) in [4.78, 5) is 4.06. The van der Waals surface area contributed by atoms with Crippen LogP contribution >= 0.6 is 24.0 Å². The fraction of sp³-hybridized carbons (Fsp3) is 0.263. The topological polar surface area (TPSA) is 69.4 Å². The van der Waals surface area contributed by atoms with E-state index in [0.29, 0.717) is 23.8 Å². The second-order valence-corrected chi connectivity index (χ2v) is 5.61. The zero-order valence-corrected chi connectivity index (χ0v) is 17.3. The van der Waals surface area contributed by atoms with E-state index in [9.17, 15) is 8.78 Å². The Bertz CT molecular complexity index is 824. The number of nitriles is 1. The summed E-state index contributed by atoms with van der Waals surface area (Å²) in [6.45, 7) is 2.48. The van der Waals surface area contributed by atoms with Crippen molar-refractivity contribution in [2.24, 2.45) is 4.99 Å². The Labute approximate surface area is 174 Å². The molecule has 0 fully saturated rings. The van der Waals surface area contributed by atoms with E-state index in [-0.39, 0.29) is 48.0 Å². The molecule has 1 unspecified atom stereocenters. The number of guanidine groups is 1. The van der Waals surface area contributed by atoms with Gasteiger partial charge >= 0.3 is 0 Å². The molecule has 0 bridgehead atoms. The van der Waals surface area contributed by atoms with Gasteiger partial charge in [0.15, 0.2) is 5.96 Å². The molecule has 2 aromatic rings. The Hall–Kier alpha value is -2.41. The van der Waals surface area contributed by atoms with Crippen molar-refractivity contribution in [3.63, 3.8) is 0 Å². The molecule has 0 aliphatic carbocycles. The number of benzene rings is 2. The molecule has 0 amide bonds. The van der Waals surface area contributed by atoms with Crippen molar-refractivity contribution >= 4 is 29.9 Å². The van der Waals surface area contributed by atoms with Gasteiger partial charge in [0, 0.05) is 25.2 Å². The molecule has 0 radical (unpaired) electrons. The van der Waals surface area contributed by atoms with Crippen LogP contribution in [-0.2, 0) is 6.54 Å². The molecule has 0 aliphatic heterocycles. The molecular formula is C19H21F2IN4O. The zero-order valence-electron chi connectivity index (χ0n) is 15.0. The van der Waals surface area contributed by atoms with E-state index >= 15 is 0 Å². The van der Waals surface area contributed by atoms with Crippen LogP contribution in [0.1, 0.15) is 18.1 Å². The van der Waals surface area contributed by atoms with Crippen LogP contribution in [0.25, 0.3) is 0 Å². The average molecular weight is 486 g/mol. The molecule has 0 saturated carbocycles. The minimum absolute atomic E-state index is 0. The molecule has 8 heteroatoms. The maximum Gasteiger partial charge on any atom is 0.191 e. The second kappa shape index (κ2) is 11.3. The monoisotopic (exact) mass is 486 g/mol. The number of ether oxygens (including phenoxy) is 1. The first-order valence-electron chi connectivity index (χ1n) is 8.07. The number of aliphatic imine (C=N–C) groups is 1. The highest BCUT2D eigenvalue weighted by molar-refractivity contribution is 14.0. The predicted octanol–water partition coefficient (Wildman–Crippen LogP) is 3.59. The lowest BCUT2D eigenvalue weighted by Gasteiger charge is -2.18. The van der Waals surface area contributed by atoms with E-state index in [0.717, 1.165) is 0 Å². The van der Waals surface area contributed by atoms with Gasteiger partial charge in [0.05, 0.1) is 18.2 Å². The largest absolute Gasteiger partial charge is 0.489 e. The van der Waals surface area contributed by atoms with Gasteiger partial charge in [-0.3, -0.25) is 4.99 Å². The summed E-state index contributed by atoms with van der Waals surface area (Å²) in [6, 6.07) is 12.1. The highest BCUT2D eigenvalue weighted by Gasteiger charge is 2.08. The molecule has 0 saturated heterocycles. The lowest BCUT2D eigenvalue weighted by Crippen LogP contribution is -2.41. The highest BCUT2D eigenvalue weighted by Crippen LogP contribution is 2.13. The summed E-state index contributed by atoms with van der Waals surface area (Å²) in [5.74, 6) is 0.115. The normalized spacial score (nSPS) is 11.7. The van der Waals surface area contributed by atoms with Gasteiger partial charge in [0.2, 0.25) is 0 Å². The van der Waals surface area contributed by atoms with E-state index in [1.54, 1.807) is 31.3 Å². The molecule has 0 aliphatic rings. The SMILES string of the molecule is CN=C(NCc1ccc(C#N)cc1F)NCC(C)Oc1cccc(F)c1.I. The van der Waals surface area contributed by atoms with Crippen molar-refractivity contribution in [1.29, 1.82) is 5.26 Å². The first-order valence-corrected chi connectivity index (χ1v) is 8.07. The van der Waals surface area contributed by atoms with Crippen LogP contribution in [0.15, 0.2) is 47.5 Å². The zero-order chi connectivity index (χ0) is 18.9. The van der Waals surface area contributed by atoms with Crippen molar-refractivity contribution < 1.29 is 13.5 Å². The number of rotatable bonds is 6. The highest BCUT2D eigenvalue weighted by atomic mass is 127. The lowest BCUT2D eigenvalue weighted by atomic mass is 10.1. The Morgan fingerprint density at radius 1 is 1.22 bits per heavy atom. The standard InChI is InChI=1S/C19H20F2N4O.HI/c1-13(26-17-5-3-4-16(20)9-17)11-24-19(23-2)25-12-15-7-6-14(10-22)8-18(15)21;/h3-9,13H,11-12H2,1-2H3,(H2,23,24,25);1H. The van der Waals surface area contributed by atoms with Gasteiger partial charge < -0.3 is 15.4 Å². The summed E-state index contributed by atoms with van der Waals surface area (Å²) in [5.41, 5.74) is 0.702. The van der Waals surface area contributed by atoms with Crippen LogP contribution in [-0.4, -0.2) is 25.7 Å². The van der Waals surface area contributed by atoms with Crippen LogP contribution in [0.4, 0.5) is 8.78 Å². The molecule has 5 nitrogen and oxygen atoms in total. The van der Waals surface area contributed by atoms with Crippen LogP contribution in [0.2, 0.25) is 0 Å². The average Bonchev–Trinajstić information content (AvgIpc) is 2.62. The molecule has 0 heterocycles. The third-order valence-electron chi connectivity index (χ3n) is 3.54. The fourth-order valence-electron chi connectivity index (χ4n) is 2.21. The lowest BCUT2D eigenvalue weighted by molar-refractivity contribution is 0.223. The van der Waals surface area contributed by atoms with Crippen LogP contribution in [0, 0.1) is 23.0 Å². The Morgan fingerprint density at radius 3 is 2.63 bits per heavy atom. The third-order valence-corrected chi connectivity index (χ3v) is 3.54. The van der Waals surface area contributed by atoms with Gasteiger partial charge in [-0.2, -0.15) is 5.26 Å². The minimum atomic E-state index is -0.449. The van der Waals surface area contributed by atoms with Crippen LogP contribution in [0.5, 0.6) is 5.75 Å². The van der Waals surface area contributed by atoms with Gasteiger partial charge in [0.1, 0.15) is 23.5 Å². The molecule has 0 spiro atoms. The first-order chi connectivity index (χ1) is 12.5. The van der Waals surface area contributed by atoms with E-state index in [1.165, 1.54) is 18.2 Å². The van der Waals surface area contributed by atoms with Crippen molar-refractivity contribution in [2.45, 2.75) is 19.6 Å². The third kappa shape index (κ3) is 7.38. The summed E-state index contributed by atoms with van der Waals surface area (Å²) in [6.07, 6.45) is -0.234. The summed E-state index contributed by atoms with van der Waals surface area (Å²) in [7, 11) is 1.60. The van der Waals surface area contributed by atoms with Crippen LogP contribution in [0.3, 0.4) is 0 Å². The quantitative estimate of drug-likeness (QED) is 0.372. The summed E-state index contributed by atoms with van der Waals surface area (Å²) in [5, 5.41) is 14.8. The molecule has 0 aromatic heterocycles. The molecule has 2 rings (SSSR count). The number of hydrogen-bond acceptors (Lipinski definition) is 3. The molecular weight excluding hydrogens is 465 g/mol. The van der Waals surface area contributed by atoms with E-state index in [1.807, 2.05) is 13.0 Å². The Kier molecular flexibility index (Phi) is 9.50. The fourth-order valence-corrected chi connectivity index (χ4v) is 2.21. The van der Waals surface area contributed by atoms with Gasteiger partial charge in [-0.15, -0.1) is 24.0 Å². The number of hydrogen-bond donors (Lipinski definition) is 2. The molecule has 144 valence electrons. The molecule has 2 aromatic carbocycles. The molecule has 1 atom stereocenters. The van der Waals surface area contributed by atoms with Crippen molar-refractivity contribution in [2.75, 3.05) is 13.6 Å². The van der Waals surface area contributed by atoms with E-state index in [2.05, 4.69) is 15.6 Å². The molecule has 2 N–H and O–H groups in total. The van der Waals surface area contributed by atoms with Crippen molar-refractivity contribution in [3.8, 4) is 11.8 Å². The van der Waals surface area contributed by atoms with Crippen LogP contribution < -0.4 is 15.4 Å². The number of halogens is 3. The smallest absolute Gasteiger partial charge is 0.191 e. The van der Waals surface area contributed by atoms with Gasteiger partial charge in [-0.1, -0.05) is 12.1 Å². The van der Waals surface area contributed by atoms with Gasteiger partial charge in [-0.25, -0.2) is 8.78 Å². The van der Waals surface area contributed by atoms with Crippen molar-refractivity contribution in [1.82, 2.24) is 10.6 Å². The number of nitrogens with zero attached hydrogens (tertiary/aromatic N) is 2. The minimum Gasteiger partial charge on any atom is -0.489 e. The summed E-state index contributed by atoms with van der Waals surface area (Å²) >= 11 is 0. The second-order valence-electron chi connectivity index (χ2n) is 5.61. The maximum atomic E-state index is 13.9. The predicted molar refractivity (Wildman–Crippen MR) is 111 cm³/mol. The Balaban J connectivity index is 0.00000364. The number of nitrogens with one attached hydrogen (secondary N) is 2. The first kappa shape index (κ1) is 22.6. The van der Waals surface area contributed by atoms with E-state index < -0.39 is 5.82 Å². The maximum absolute atomic E-state index is 13.9.